The summed E-state index contributed by atoms with van der Waals surface area (Å²) in [4.78, 5) is 17.0. The van der Waals surface area contributed by atoms with Gasteiger partial charge in [0.1, 0.15) is 5.56 Å². The minimum atomic E-state index is -0.459. The largest absolute Gasteiger partial charge is 0.452 e. The first-order valence-corrected chi connectivity index (χ1v) is 9.66. The lowest BCUT2D eigenvalue weighted by Gasteiger charge is -2.05. The molecule has 0 aliphatic rings. The topological polar surface area (TPSA) is 83.0 Å². The van der Waals surface area contributed by atoms with Crippen molar-refractivity contribution in [1.82, 2.24) is 19.9 Å². The number of benzene rings is 2. The Morgan fingerprint density at radius 3 is 2.50 bits per heavy atom. The molecule has 7 nitrogen and oxygen atoms in total. The Bertz CT molecular complexity index is 1160. The van der Waals surface area contributed by atoms with Gasteiger partial charge in [-0.3, -0.25) is 4.68 Å². The fourth-order valence-electron chi connectivity index (χ4n) is 3.24. The van der Waals surface area contributed by atoms with E-state index < -0.39 is 5.97 Å². The van der Waals surface area contributed by atoms with Crippen LogP contribution in [-0.2, 0) is 17.9 Å². The van der Waals surface area contributed by atoms with Crippen LogP contribution in [0.25, 0.3) is 11.4 Å². The second kappa shape index (κ2) is 8.32. The third kappa shape index (κ3) is 4.15. The van der Waals surface area contributed by atoms with Crippen LogP contribution < -0.4 is 0 Å². The summed E-state index contributed by atoms with van der Waals surface area (Å²) < 4.78 is 12.4. The number of carbonyl (C=O) groups is 1. The number of hydrogen-bond donors (Lipinski definition) is 0. The third-order valence-corrected chi connectivity index (χ3v) is 4.87. The van der Waals surface area contributed by atoms with E-state index in [9.17, 15) is 4.79 Å². The maximum absolute atomic E-state index is 12.7. The smallest absolute Gasteiger partial charge is 0.342 e. The third-order valence-electron chi connectivity index (χ3n) is 4.87. The molecule has 4 aromatic rings. The number of carbonyl (C=O) groups excluding carboxylic acids is 1. The minimum Gasteiger partial charge on any atom is -0.452 e. The molecule has 30 heavy (non-hydrogen) atoms. The summed E-state index contributed by atoms with van der Waals surface area (Å²) in [5.41, 5.74) is 4.94. The summed E-state index contributed by atoms with van der Waals surface area (Å²) >= 11 is 0. The first-order valence-electron chi connectivity index (χ1n) is 9.66. The number of rotatable bonds is 6. The molecule has 0 saturated carbocycles. The van der Waals surface area contributed by atoms with Gasteiger partial charge in [0, 0.05) is 5.56 Å². The fraction of sp³-hybridized carbons (Fsp3) is 0.217. The number of nitrogens with zero attached hydrogens (tertiary/aromatic N) is 4. The highest BCUT2D eigenvalue weighted by Crippen LogP contribution is 2.19. The summed E-state index contributed by atoms with van der Waals surface area (Å²) in [7, 11) is 0. The van der Waals surface area contributed by atoms with E-state index >= 15 is 0 Å². The predicted octanol–water partition coefficient (Wildman–Crippen LogP) is 4.26. The molecule has 4 rings (SSSR count). The zero-order valence-corrected chi connectivity index (χ0v) is 17.1. The van der Waals surface area contributed by atoms with Crippen molar-refractivity contribution < 1.29 is 14.1 Å². The number of hydrogen-bond acceptors (Lipinski definition) is 6. The van der Waals surface area contributed by atoms with Crippen molar-refractivity contribution in [3.63, 3.8) is 0 Å². The first kappa shape index (κ1) is 19.6. The summed E-state index contributed by atoms with van der Waals surface area (Å²) in [6, 6.07) is 17.8. The molecule has 0 spiro atoms. The van der Waals surface area contributed by atoms with Gasteiger partial charge in [0.15, 0.2) is 6.61 Å². The van der Waals surface area contributed by atoms with E-state index in [1.165, 1.54) is 0 Å². The summed E-state index contributed by atoms with van der Waals surface area (Å²) in [6.45, 7) is 6.16. The molecule has 0 amide bonds. The molecule has 0 saturated heterocycles. The summed E-state index contributed by atoms with van der Waals surface area (Å²) in [6.07, 6.45) is 0. The van der Waals surface area contributed by atoms with E-state index in [0.717, 1.165) is 22.4 Å². The molecule has 0 bridgehead atoms. The molecule has 0 aliphatic heterocycles. The van der Waals surface area contributed by atoms with E-state index in [-0.39, 0.29) is 12.5 Å². The van der Waals surface area contributed by atoms with Gasteiger partial charge < -0.3 is 9.26 Å². The van der Waals surface area contributed by atoms with Gasteiger partial charge in [-0.05, 0) is 26.3 Å². The van der Waals surface area contributed by atoms with Crippen LogP contribution >= 0.6 is 0 Å². The van der Waals surface area contributed by atoms with Crippen LogP contribution in [-0.4, -0.2) is 25.9 Å². The van der Waals surface area contributed by atoms with Gasteiger partial charge in [-0.2, -0.15) is 10.1 Å². The molecule has 0 aliphatic carbocycles. The van der Waals surface area contributed by atoms with Crippen molar-refractivity contribution in [2.45, 2.75) is 33.9 Å². The number of ether oxygens (including phenoxy) is 1. The van der Waals surface area contributed by atoms with E-state index in [1.54, 1.807) is 6.92 Å². The van der Waals surface area contributed by atoms with Gasteiger partial charge in [0.05, 0.1) is 17.9 Å². The second-order valence-electron chi connectivity index (χ2n) is 7.14. The van der Waals surface area contributed by atoms with E-state index in [4.69, 9.17) is 9.26 Å². The molecular formula is C23H22N4O3. The molecule has 0 atom stereocenters. The molecule has 0 fully saturated rings. The fourth-order valence-corrected chi connectivity index (χ4v) is 3.24. The zero-order valence-electron chi connectivity index (χ0n) is 17.1. The SMILES string of the molecule is Cc1ccc(-c2noc(COC(=O)c3c(C)nn(Cc4ccccc4)c3C)n2)cc1. The molecular weight excluding hydrogens is 380 g/mol. The van der Waals surface area contributed by atoms with Gasteiger partial charge in [-0.25, -0.2) is 4.79 Å². The molecule has 2 heterocycles. The highest BCUT2D eigenvalue weighted by atomic mass is 16.6. The lowest BCUT2D eigenvalue weighted by molar-refractivity contribution is 0.0428. The Morgan fingerprint density at radius 2 is 1.77 bits per heavy atom. The lowest BCUT2D eigenvalue weighted by Crippen LogP contribution is -2.09. The molecule has 0 N–H and O–H groups in total. The number of aryl methyl sites for hydroxylation is 2. The summed E-state index contributed by atoms with van der Waals surface area (Å²) in [5, 5.41) is 8.46. The Balaban J connectivity index is 1.44. The first-order chi connectivity index (χ1) is 14.5. The van der Waals surface area contributed by atoms with Crippen LogP contribution in [0.1, 0.15) is 38.8 Å². The average Bonchev–Trinajstić information content (AvgIpc) is 3.32. The zero-order chi connectivity index (χ0) is 21.1. The predicted molar refractivity (Wildman–Crippen MR) is 111 cm³/mol. The van der Waals surface area contributed by atoms with Crippen LogP contribution in [0, 0.1) is 20.8 Å². The molecule has 2 aromatic carbocycles. The highest BCUT2D eigenvalue weighted by Gasteiger charge is 2.21. The second-order valence-corrected chi connectivity index (χ2v) is 7.14. The van der Waals surface area contributed by atoms with Crippen LogP contribution in [0.5, 0.6) is 0 Å². The van der Waals surface area contributed by atoms with Gasteiger partial charge in [-0.15, -0.1) is 0 Å². The van der Waals surface area contributed by atoms with Gasteiger partial charge in [-0.1, -0.05) is 65.3 Å². The van der Waals surface area contributed by atoms with Crippen LogP contribution in [0.4, 0.5) is 0 Å². The van der Waals surface area contributed by atoms with E-state index in [0.29, 0.717) is 23.6 Å². The molecule has 152 valence electrons. The maximum Gasteiger partial charge on any atom is 0.342 e. The highest BCUT2D eigenvalue weighted by molar-refractivity contribution is 5.91. The molecule has 0 unspecified atom stereocenters. The van der Waals surface area contributed by atoms with Crippen molar-refractivity contribution in [3.05, 3.63) is 88.6 Å². The van der Waals surface area contributed by atoms with Gasteiger partial charge in [0.2, 0.25) is 5.82 Å². The Labute approximate surface area is 174 Å². The van der Waals surface area contributed by atoms with Gasteiger partial charge >= 0.3 is 5.97 Å². The standard InChI is InChI=1S/C23H22N4O3/c1-15-9-11-19(12-10-15)22-24-20(30-26-22)14-29-23(28)21-16(2)25-27(17(21)3)13-18-7-5-4-6-8-18/h4-12H,13-14H2,1-3H3. The maximum atomic E-state index is 12.7. The van der Waals surface area contributed by atoms with Crippen molar-refractivity contribution in [1.29, 1.82) is 0 Å². The van der Waals surface area contributed by atoms with Crippen molar-refractivity contribution in [2.24, 2.45) is 0 Å². The Morgan fingerprint density at radius 1 is 1.03 bits per heavy atom. The molecule has 7 heteroatoms. The van der Waals surface area contributed by atoms with E-state index in [1.807, 2.05) is 73.1 Å². The van der Waals surface area contributed by atoms with Crippen molar-refractivity contribution in [3.8, 4) is 11.4 Å². The number of aromatic nitrogens is 4. The normalized spacial score (nSPS) is 10.9. The Hall–Kier alpha value is -3.74. The van der Waals surface area contributed by atoms with Crippen molar-refractivity contribution in [2.75, 3.05) is 0 Å². The van der Waals surface area contributed by atoms with Gasteiger partial charge in [0.25, 0.3) is 5.89 Å². The average molecular weight is 402 g/mol. The van der Waals surface area contributed by atoms with Crippen LogP contribution in [0.15, 0.2) is 59.1 Å². The monoisotopic (exact) mass is 402 g/mol. The molecule has 0 radical (unpaired) electrons. The van der Waals surface area contributed by atoms with Crippen LogP contribution in [0.2, 0.25) is 0 Å². The summed E-state index contributed by atoms with van der Waals surface area (Å²) in [5.74, 6) is 0.245. The minimum absolute atomic E-state index is 0.0968. The quantitative estimate of drug-likeness (QED) is 0.448. The number of esters is 1. The lowest BCUT2D eigenvalue weighted by atomic mass is 10.1. The van der Waals surface area contributed by atoms with Crippen molar-refractivity contribution >= 4 is 5.97 Å². The van der Waals surface area contributed by atoms with E-state index in [2.05, 4.69) is 15.2 Å². The van der Waals surface area contributed by atoms with Crippen LogP contribution in [0.3, 0.4) is 0 Å². The molecule has 2 aromatic heterocycles. The Kier molecular flexibility index (Phi) is 5.43.